The van der Waals surface area contributed by atoms with E-state index < -0.39 is 0 Å². The molecule has 0 aliphatic carbocycles. The Balaban J connectivity index is 3.08. The molecule has 1 atom stereocenters. The quantitative estimate of drug-likeness (QED) is 0.443. The summed E-state index contributed by atoms with van der Waals surface area (Å²) in [7, 11) is 0. The Morgan fingerprint density at radius 1 is 1.12 bits per heavy atom. The highest BCUT2D eigenvalue weighted by Crippen LogP contribution is 2.39. The zero-order valence-electron chi connectivity index (χ0n) is 15.9. The summed E-state index contributed by atoms with van der Waals surface area (Å²) >= 11 is 0. The van der Waals surface area contributed by atoms with E-state index in [1.165, 1.54) is 5.57 Å². The van der Waals surface area contributed by atoms with E-state index in [1.807, 2.05) is 19.9 Å². The van der Waals surface area contributed by atoms with Crippen LogP contribution < -0.4 is 0 Å². The number of carbonyl (C=O) groups excluding carboxylic acids is 1. The zero-order chi connectivity index (χ0) is 19.1. The highest BCUT2D eigenvalue weighted by Gasteiger charge is 2.25. The number of Topliss-reactive ketones (excluding diaryl/α,β-unsaturated/α-hetero) is 1. The monoisotopic (exact) mass is 346 g/mol. The van der Waals surface area contributed by atoms with Crippen LogP contribution in [0.3, 0.4) is 0 Å². The molecule has 4 heteroatoms. The van der Waals surface area contributed by atoms with Crippen molar-refractivity contribution in [3.05, 3.63) is 40.5 Å². The Morgan fingerprint density at radius 2 is 1.76 bits per heavy atom. The van der Waals surface area contributed by atoms with Crippen LogP contribution >= 0.6 is 0 Å². The smallest absolute Gasteiger partial charge is 0.173 e. The minimum absolute atomic E-state index is 0.0993. The minimum atomic E-state index is -0.381. The van der Waals surface area contributed by atoms with Crippen molar-refractivity contribution in [1.29, 1.82) is 0 Å². The molecular weight excluding hydrogens is 316 g/mol. The third-order valence-electron chi connectivity index (χ3n) is 4.41. The molecule has 0 radical (unpaired) electrons. The van der Waals surface area contributed by atoms with Crippen LogP contribution in [0, 0.1) is 5.92 Å². The average molecular weight is 346 g/mol. The molecule has 3 N–H and O–H groups in total. The molecule has 0 aliphatic heterocycles. The molecule has 25 heavy (non-hydrogen) atoms. The van der Waals surface area contributed by atoms with Gasteiger partial charge in [-0.15, -0.1) is 0 Å². The number of hydrogen-bond acceptors (Lipinski definition) is 4. The first kappa shape index (κ1) is 20.8. The summed E-state index contributed by atoms with van der Waals surface area (Å²) < 4.78 is 0. The van der Waals surface area contributed by atoms with Crippen molar-refractivity contribution >= 4 is 5.78 Å². The van der Waals surface area contributed by atoms with Crippen molar-refractivity contribution in [2.45, 2.75) is 60.3 Å². The van der Waals surface area contributed by atoms with E-state index in [0.29, 0.717) is 12.8 Å². The summed E-state index contributed by atoms with van der Waals surface area (Å²) in [4.78, 5) is 12.4. The second kappa shape index (κ2) is 9.30. The van der Waals surface area contributed by atoms with Crippen molar-refractivity contribution in [2.24, 2.45) is 5.92 Å². The Kier molecular flexibility index (Phi) is 7.75. The molecule has 1 rings (SSSR count). The lowest BCUT2D eigenvalue weighted by Gasteiger charge is -2.15. The molecule has 0 heterocycles. The summed E-state index contributed by atoms with van der Waals surface area (Å²) in [5.41, 5.74) is 2.58. The van der Waals surface area contributed by atoms with E-state index in [4.69, 9.17) is 0 Å². The van der Waals surface area contributed by atoms with Gasteiger partial charge in [0, 0.05) is 17.5 Å². The van der Waals surface area contributed by atoms with E-state index in [1.54, 1.807) is 6.92 Å². The number of allylic oxidation sites excluding steroid dienone is 4. The van der Waals surface area contributed by atoms with Gasteiger partial charge in [-0.1, -0.05) is 37.1 Å². The minimum Gasteiger partial charge on any atom is -0.507 e. The first-order chi connectivity index (χ1) is 11.7. The molecule has 0 bridgehead atoms. The normalized spacial score (nSPS) is 12.8. The summed E-state index contributed by atoms with van der Waals surface area (Å²) in [6.07, 6.45) is 6.84. The Bertz CT molecular complexity index is 680. The fourth-order valence-electron chi connectivity index (χ4n) is 2.53. The van der Waals surface area contributed by atoms with Crippen LogP contribution in [-0.2, 0) is 6.42 Å². The lowest BCUT2D eigenvalue weighted by Crippen LogP contribution is -2.11. The second-order valence-electron chi connectivity index (χ2n) is 6.87. The topological polar surface area (TPSA) is 77.8 Å². The van der Waals surface area contributed by atoms with Crippen LogP contribution in [-0.4, -0.2) is 21.1 Å². The molecule has 0 aromatic heterocycles. The Labute approximate surface area is 150 Å². The number of hydrogen-bond donors (Lipinski definition) is 3. The first-order valence-corrected chi connectivity index (χ1v) is 8.78. The number of carbonyl (C=O) groups is 1. The van der Waals surface area contributed by atoms with Gasteiger partial charge in [0.25, 0.3) is 0 Å². The SMILES string of the molecule is CCC(C)C(=O)c1c(O)cc(O)c(CC=C(C)CCC=C(C)C)c1O. The highest BCUT2D eigenvalue weighted by atomic mass is 16.3. The van der Waals surface area contributed by atoms with Crippen LogP contribution in [0.4, 0.5) is 0 Å². The third kappa shape index (κ3) is 5.66. The number of aromatic hydroxyl groups is 3. The fourth-order valence-corrected chi connectivity index (χ4v) is 2.53. The molecule has 138 valence electrons. The van der Waals surface area contributed by atoms with Crippen LogP contribution in [0.2, 0.25) is 0 Å². The van der Waals surface area contributed by atoms with Crippen molar-refractivity contribution in [2.75, 3.05) is 0 Å². The van der Waals surface area contributed by atoms with E-state index in [0.717, 1.165) is 24.5 Å². The molecule has 1 aromatic carbocycles. The van der Waals surface area contributed by atoms with Gasteiger partial charge >= 0.3 is 0 Å². The molecular formula is C21H30O4. The molecule has 1 unspecified atom stereocenters. The lowest BCUT2D eigenvalue weighted by atomic mass is 9.92. The first-order valence-electron chi connectivity index (χ1n) is 8.78. The van der Waals surface area contributed by atoms with E-state index >= 15 is 0 Å². The van der Waals surface area contributed by atoms with E-state index in [2.05, 4.69) is 19.9 Å². The molecule has 4 nitrogen and oxygen atoms in total. The van der Waals surface area contributed by atoms with Crippen LogP contribution in [0.5, 0.6) is 17.2 Å². The lowest BCUT2D eigenvalue weighted by molar-refractivity contribution is 0.0921. The van der Waals surface area contributed by atoms with Crippen molar-refractivity contribution in [3.8, 4) is 17.2 Å². The molecule has 0 aliphatic rings. The van der Waals surface area contributed by atoms with Gasteiger partial charge in [-0.05, 0) is 46.5 Å². The highest BCUT2D eigenvalue weighted by molar-refractivity contribution is 6.03. The van der Waals surface area contributed by atoms with Gasteiger partial charge in [0.2, 0.25) is 0 Å². The summed E-state index contributed by atoms with van der Waals surface area (Å²) in [6.45, 7) is 9.74. The van der Waals surface area contributed by atoms with Gasteiger partial charge in [-0.2, -0.15) is 0 Å². The summed E-state index contributed by atoms with van der Waals surface area (Å²) in [5, 5.41) is 30.5. The standard InChI is InChI=1S/C21H30O4/c1-6-15(5)20(24)19-18(23)12-17(22)16(21(19)25)11-10-14(4)9-7-8-13(2)3/h8,10,12,15,22-23,25H,6-7,9,11H2,1-5H3. The number of phenolic OH excluding ortho intramolecular Hbond substituents is 3. The molecule has 1 aromatic rings. The maximum atomic E-state index is 12.4. The van der Waals surface area contributed by atoms with Gasteiger partial charge in [-0.25, -0.2) is 0 Å². The van der Waals surface area contributed by atoms with Gasteiger partial charge in [-0.3, -0.25) is 4.79 Å². The van der Waals surface area contributed by atoms with Gasteiger partial charge in [0.1, 0.15) is 22.8 Å². The Morgan fingerprint density at radius 3 is 2.32 bits per heavy atom. The number of phenols is 3. The third-order valence-corrected chi connectivity index (χ3v) is 4.41. The molecule has 0 saturated heterocycles. The Hall–Kier alpha value is -2.23. The summed E-state index contributed by atoms with van der Waals surface area (Å²) in [6, 6.07) is 1.14. The number of rotatable bonds is 8. The number of benzene rings is 1. The molecule has 0 fully saturated rings. The van der Waals surface area contributed by atoms with Gasteiger partial charge in [0.05, 0.1) is 0 Å². The summed E-state index contributed by atoms with van der Waals surface area (Å²) in [5.74, 6) is -1.54. The number of ketones is 1. The van der Waals surface area contributed by atoms with Crippen LogP contribution in [0.25, 0.3) is 0 Å². The van der Waals surface area contributed by atoms with Crippen LogP contribution in [0.15, 0.2) is 29.4 Å². The van der Waals surface area contributed by atoms with Gasteiger partial charge in [0.15, 0.2) is 5.78 Å². The largest absolute Gasteiger partial charge is 0.507 e. The van der Waals surface area contributed by atoms with Crippen LogP contribution in [0.1, 0.15) is 69.8 Å². The van der Waals surface area contributed by atoms with E-state index in [-0.39, 0.29) is 40.1 Å². The van der Waals surface area contributed by atoms with Crippen molar-refractivity contribution in [3.63, 3.8) is 0 Å². The van der Waals surface area contributed by atoms with Crippen molar-refractivity contribution in [1.82, 2.24) is 0 Å². The predicted octanol–water partition coefficient (Wildman–Crippen LogP) is 5.27. The molecule has 0 spiro atoms. The van der Waals surface area contributed by atoms with E-state index in [9.17, 15) is 20.1 Å². The maximum Gasteiger partial charge on any atom is 0.173 e. The zero-order valence-corrected chi connectivity index (χ0v) is 15.9. The average Bonchev–Trinajstić information content (AvgIpc) is 2.52. The fraction of sp³-hybridized carbons (Fsp3) is 0.476. The maximum absolute atomic E-state index is 12.4. The molecule has 0 amide bonds. The predicted molar refractivity (Wildman–Crippen MR) is 101 cm³/mol. The van der Waals surface area contributed by atoms with Crippen molar-refractivity contribution < 1.29 is 20.1 Å². The second-order valence-corrected chi connectivity index (χ2v) is 6.87. The molecule has 0 saturated carbocycles. The van der Waals surface area contributed by atoms with Gasteiger partial charge < -0.3 is 15.3 Å².